The maximum Gasteiger partial charge on any atom is 0.249 e. The SMILES string of the molecule is O=C1CCC(n2c(=S)[nH]c3cccc(Cl)c32)C(=O)N1. The highest BCUT2D eigenvalue weighted by molar-refractivity contribution is 7.71. The lowest BCUT2D eigenvalue weighted by atomic mass is 10.1. The van der Waals surface area contributed by atoms with Crippen LogP contribution in [0.25, 0.3) is 11.0 Å². The molecular weight excluding hydrogens is 286 g/mol. The minimum atomic E-state index is -0.501. The Hall–Kier alpha value is -1.66. The molecule has 0 saturated carbocycles. The van der Waals surface area contributed by atoms with Gasteiger partial charge < -0.3 is 9.55 Å². The van der Waals surface area contributed by atoms with Crippen molar-refractivity contribution in [3.63, 3.8) is 0 Å². The van der Waals surface area contributed by atoms with Crippen LogP contribution in [0.1, 0.15) is 18.9 Å². The Morgan fingerprint density at radius 3 is 2.89 bits per heavy atom. The molecular formula is C12H10ClN3O2S. The van der Waals surface area contributed by atoms with E-state index in [4.69, 9.17) is 23.8 Å². The van der Waals surface area contributed by atoms with Gasteiger partial charge >= 0.3 is 0 Å². The number of halogens is 1. The minimum Gasteiger partial charge on any atom is -0.331 e. The third-order valence-corrected chi connectivity index (χ3v) is 3.81. The molecule has 1 aromatic carbocycles. The van der Waals surface area contributed by atoms with Gasteiger partial charge in [0.05, 0.1) is 16.1 Å². The Morgan fingerprint density at radius 2 is 2.16 bits per heavy atom. The molecule has 1 fully saturated rings. The molecule has 0 aliphatic carbocycles. The van der Waals surface area contributed by atoms with Crippen LogP contribution < -0.4 is 5.32 Å². The van der Waals surface area contributed by atoms with Gasteiger partial charge in [-0.05, 0) is 30.8 Å². The number of fused-ring (bicyclic) bond motifs is 1. The van der Waals surface area contributed by atoms with E-state index in [1.807, 2.05) is 12.1 Å². The number of piperidine rings is 1. The van der Waals surface area contributed by atoms with Gasteiger partial charge in [-0.25, -0.2) is 0 Å². The fourth-order valence-electron chi connectivity index (χ4n) is 2.36. The number of para-hydroxylation sites is 1. The maximum absolute atomic E-state index is 12.0. The minimum absolute atomic E-state index is 0.251. The van der Waals surface area contributed by atoms with Crippen molar-refractivity contribution < 1.29 is 9.59 Å². The zero-order chi connectivity index (χ0) is 13.6. The first-order valence-electron chi connectivity index (χ1n) is 5.80. The highest BCUT2D eigenvalue weighted by atomic mass is 35.5. The third-order valence-electron chi connectivity index (χ3n) is 3.21. The van der Waals surface area contributed by atoms with Crippen molar-refractivity contribution in [1.29, 1.82) is 0 Å². The molecule has 98 valence electrons. The van der Waals surface area contributed by atoms with E-state index in [0.717, 1.165) is 5.52 Å². The molecule has 2 aromatic rings. The summed E-state index contributed by atoms with van der Waals surface area (Å²) in [6.07, 6.45) is 0.729. The summed E-state index contributed by atoms with van der Waals surface area (Å²) in [5.41, 5.74) is 1.48. The van der Waals surface area contributed by atoms with Crippen LogP contribution in [-0.2, 0) is 9.59 Å². The summed E-state index contributed by atoms with van der Waals surface area (Å²) in [6.45, 7) is 0. The van der Waals surface area contributed by atoms with Gasteiger partial charge in [0, 0.05) is 6.42 Å². The summed E-state index contributed by atoms with van der Waals surface area (Å²) in [6, 6.07) is 4.90. The quantitative estimate of drug-likeness (QED) is 0.627. The van der Waals surface area contributed by atoms with Crippen molar-refractivity contribution in [3.8, 4) is 0 Å². The second-order valence-corrected chi connectivity index (χ2v) is 5.20. The van der Waals surface area contributed by atoms with Crippen LogP contribution in [0.15, 0.2) is 18.2 Å². The number of H-pyrrole nitrogens is 1. The smallest absolute Gasteiger partial charge is 0.249 e. The van der Waals surface area contributed by atoms with Crippen molar-refractivity contribution in [2.75, 3.05) is 0 Å². The van der Waals surface area contributed by atoms with E-state index in [9.17, 15) is 9.59 Å². The van der Waals surface area contributed by atoms with Gasteiger partial charge in [0.25, 0.3) is 0 Å². The average Bonchev–Trinajstić information content (AvgIpc) is 2.67. The predicted molar refractivity (Wildman–Crippen MR) is 73.6 cm³/mol. The van der Waals surface area contributed by atoms with E-state index >= 15 is 0 Å². The first-order valence-corrected chi connectivity index (χ1v) is 6.59. The van der Waals surface area contributed by atoms with Gasteiger partial charge in [-0.15, -0.1) is 0 Å². The lowest BCUT2D eigenvalue weighted by Crippen LogP contribution is -2.41. The van der Waals surface area contributed by atoms with Gasteiger partial charge in [-0.3, -0.25) is 14.9 Å². The molecule has 2 amide bonds. The van der Waals surface area contributed by atoms with Crippen molar-refractivity contribution in [2.24, 2.45) is 0 Å². The summed E-state index contributed by atoms with van der Waals surface area (Å²) in [5.74, 6) is -0.591. The second kappa shape index (κ2) is 4.47. The molecule has 5 nitrogen and oxygen atoms in total. The lowest BCUT2D eigenvalue weighted by Gasteiger charge is -2.22. The monoisotopic (exact) mass is 295 g/mol. The molecule has 19 heavy (non-hydrogen) atoms. The number of rotatable bonds is 1. The molecule has 0 radical (unpaired) electrons. The molecule has 3 rings (SSSR count). The fraction of sp³-hybridized carbons (Fsp3) is 0.250. The number of nitrogens with zero attached hydrogens (tertiary/aromatic N) is 1. The maximum atomic E-state index is 12.0. The number of amides is 2. The summed E-state index contributed by atoms with van der Waals surface area (Å²) >= 11 is 11.4. The molecule has 0 spiro atoms. The van der Waals surface area contributed by atoms with E-state index in [1.165, 1.54) is 0 Å². The Morgan fingerprint density at radius 1 is 1.37 bits per heavy atom. The number of imide groups is 1. The number of benzene rings is 1. The van der Waals surface area contributed by atoms with E-state index in [0.29, 0.717) is 28.2 Å². The van der Waals surface area contributed by atoms with Crippen molar-refractivity contribution in [2.45, 2.75) is 18.9 Å². The van der Waals surface area contributed by atoms with E-state index in [1.54, 1.807) is 10.6 Å². The molecule has 2 heterocycles. The third kappa shape index (κ3) is 1.97. The van der Waals surface area contributed by atoms with Crippen LogP contribution in [0, 0.1) is 4.77 Å². The standard InChI is InChI=1S/C12H10ClN3O2S/c13-6-2-1-3-7-10(6)16(12(19)14-7)8-4-5-9(17)15-11(8)18/h1-3,8H,4-5H2,(H,14,19)(H,15,17,18). The molecule has 1 saturated heterocycles. The van der Waals surface area contributed by atoms with Gasteiger partial charge in [-0.1, -0.05) is 17.7 Å². The number of nitrogens with one attached hydrogen (secondary N) is 2. The number of aromatic amines is 1. The first kappa shape index (κ1) is 12.4. The fourth-order valence-corrected chi connectivity index (χ4v) is 2.96. The van der Waals surface area contributed by atoms with Gasteiger partial charge in [0.1, 0.15) is 6.04 Å². The molecule has 1 aliphatic rings. The molecule has 1 aliphatic heterocycles. The highest BCUT2D eigenvalue weighted by Crippen LogP contribution is 2.29. The van der Waals surface area contributed by atoms with E-state index < -0.39 is 6.04 Å². The number of carbonyl (C=O) groups excluding carboxylic acids is 2. The Balaban J connectivity index is 2.20. The van der Waals surface area contributed by atoms with Crippen LogP contribution in [0.4, 0.5) is 0 Å². The number of hydrogen-bond donors (Lipinski definition) is 2. The summed E-state index contributed by atoms with van der Waals surface area (Å²) in [4.78, 5) is 26.2. The van der Waals surface area contributed by atoms with Crippen molar-refractivity contribution in [1.82, 2.24) is 14.9 Å². The molecule has 0 bridgehead atoms. The summed E-state index contributed by atoms with van der Waals surface area (Å²) in [5, 5.41) is 2.85. The number of carbonyl (C=O) groups is 2. The topological polar surface area (TPSA) is 66.9 Å². The molecule has 1 unspecified atom stereocenters. The molecule has 1 atom stereocenters. The largest absolute Gasteiger partial charge is 0.331 e. The van der Waals surface area contributed by atoms with Crippen LogP contribution in [0.2, 0.25) is 5.02 Å². The van der Waals surface area contributed by atoms with Crippen molar-refractivity contribution in [3.05, 3.63) is 28.0 Å². The molecule has 1 aromatic heterocycles. The lowest BCUT2D eigenvalue weighted by molar-refractivity contribution is -0.135. The van der Waals surface area contributed by atoms with E-state index in [2.05, 4.69) is 10.3 Å². The average molecular weight is 296 g/mol. The summed E-state index contributed by atoms with van der Waals surface area (Å²) < 4.78 is 2.12. The van der Waals surface area contributed by atoms with Crippen molar-refractivity contribution >= 4 is 46.7 Å². The van der Waals surface area contributed by atoms with Gasteiger partial charge in [0.15, 0.2) is 4.77 Å². The highest BCUT2D eigenvalue weighted by Gasteiger charge is 2.30. The van der Waals surface area contributed by atoms with Gasteiger partial charge in [0.2, 0.25) is 11.8 Å². The summed E-state index contributed by atoms with van der Waals surface area (Å²) in [7, 11) is 0. The first-order chi connectivity index (χ1) is 9.08. The normalized spacial score (nSPS) is 19.7. The zero-order valence-electron chi connectivity index (χ0n) is 9.77. The Bertz CT molecular complexity index is 749. The van der Waals surface area contributed by atoms with Crippen LogP contribution in [-0.4, -0.2) is 21.4 Å². The Labute approximate surface area is 118 Å². The van der Waals surface area contributed by atoms with Gasteiger partial charge in [-0.2, -0.15) is 0 Å². The van der Waals surface area contributed by atoms with E-state index in [-0.39, 0.29) is 11.8 Å². The number of aromatic nitrogens is 2. The predicted octanol–water partition coefficient (Wildman–Crippen LogP) is 2.33. The van der Waals surface area contributed by atoms with Crippen LogP contribution in [0.5, 0.6) is 0 Å². The molecule has 2 N–H and O–H groups in total. The second-order valence-electron chi connectivity index (χ2n) is 4.40. The Kier molecular flexibility index (Phi) is 2.91. The number of hydrogen-bond acceptors (Lipinski definition) is 3. The van der Waals surface area contributed by atoms with Crippen LogP contribution >= 0.6 is 23.8 Å². The zero-order valence-corrected chi connectivity index (χ0v) is 11.3. The van der Waals surface area contributed by atoms with Crippen LogP contribution in [0.3, 0.4) is 0 Å². The molecule has 7 heteroatoms. The number of imidazole rings is 1.